The molecule has 0 radical (unpaired) electrons. The number of benzene rings is 2. The first kappa shape index (κ1) is 22.5. The Balaban J connectivity index is 2.11. The summed E-state index contributed by atoms with van der Waals surface area (Å²) < 4.78 is 41.7. The molecular formula is C20H26N2O6S. The van der Waals surface area contributed by atoms with Crippen LogP contribution in [0.15, 0.2) is 41.3 Å². The molecule has 0 aromatic heterocycles. The van der Waals surface area contributed by atoms with Crippen LogP contribution in [0.1, 0.15) is 12.0 Å². The van der Waals surface area contributed by atoms with Crippen molar-refractivity contribution >= 4 is 21.6 Å². The smallest absolute Gasteiger partial charge is 0.246 e. The number of nitrogens with one attached hydrogen (secondary N) is 1. The number of aryl methyl sites for hydroxylation is 1. The molecule has 0 unspecified atom stereocenters. The van der Waals surface area contributed by atoms with Gasteiger partial charge in [-0.25, -0.2) is 12.7 Å². The number of ether oxygens (including phenoxy) is 3. The topological polar surface area (TPSA) is 94.2 Å². The second kappa shape index (κ2) is 9.62. The number of methoxy groups -OCH3 is 3. The van der Waals surface area contributed by atoms with Gasteiger partial charge < -0.3 is 19.5 Å². The van der Waals surface area contributed by atoms with E-state index in [1.165, 1.54) is 33.3 Å². The number of sulfonamides is 1. The molecule has 2 aromatic rings. The van der Waals surface area contributed by atoms with E-state index >= 15 is 0 Å². The Hall–Kier alpha value is -2.78. The number of carbonyl (C=O) groups is 1. The van der Waals surface area contributed by atoms with Crippen LogP contribution in [0.5, 0.6) is 17.2 Å². The van der Waals surface area contributed by atoms with E-state index in [1.54, 1.807) is 26.4 Å². The summed E-state index contributed by atoms with van der Waals surface area (Å²) in [5.41, 5.74) is 1.30. The molecule has 2 aromatic carbocycles. The Kier molecular flexibility index (Phi) is 7.46. The number of hydrogen-bond donors (Lipinski definition) is 1. The summed E-state index contributed by atoms with van der Waals surface area (Å²) in [6.45, 7) is 0. The van der Waals surface area contributed by atoms with Gasteiger partial charge in [-0.05, 0) is 42.3 Å². The third-order valence-corrected chi connectivity index (χ3v) is 6.13. The summed E-state index contributed by atoms with van der Waals surface area (Å²) in [5, 5.41) is 2.73. The van der Waals surface area contributed by atoms with E-state index in [1.807, 2.05) is 12.1 Å². The van der Waals surface area contributed by atoms with Gasteiger partial charge in [-0.2, -0.15) is 0 Å². The molecule has 0 spiro atoms. The highest BCUT2D eigenvalue weighted by molar-refractivity contribution is 7.89. The first-order valence-corrected chi connectivity index (χ1v) is 10.3. The highest BCUT2D eigenvalue weighted by Crippen LogP contribution is 2.30. The van der Waals surface area contributed by atoms with Gasteiger partial charge >= 0.3 is 0 Å². The molecule has 0 aliphatic heterocycles. The molecule has 29 heavy (non-hydrogen) atoms. The number of hydrogen-bond acceptors (Lipinski definition) is 6. The van der Waals surface area contributed by atoms with Gasteiger partial charge in [0.2, 0.25) is 15.9 Å². The second-order valence-electron chi connectivity index (χ2n) is 6.39. The first-order chi connectivity index (χ1) is 13.7. The summed E-state index contributed by atoms with van der Waals surface area (Å²) in [6, 6.07) is 9.98. The van der Waals surface area contributed by atoms with Gasteiger partial charge in [0.05, 0.1) is 21.3 Å². The lowest BCUT2D eigenvalue weighted by molar-refractivity contribution is -0.116. The maximum atomic E-state index is 12.5. The van der Waals surface area contributed by atoms with Crippen molar-refractivity contribution < 1.29 is 27.4 Å². The molecule has 0 saturated carbocycles. The highest BCUT2D eigenvalue weighted by Gasteiger charge is 2.23. The lowest BCUT2D eigenvalue weighted by Gasteiger charge is -2.16. The maximum absolute atomic E-state index is 12.5. The number of carbonyl (C=O) groups excluding carboxylic acids is 1. The molecule has 0 aliphatic rings. The molecule has 1 amide bonds. The van der Waals surface area contributed by atoms with Gasteiger partial charge in [-0.15, -0.1) is 0 Å². The Labute approximate surface area is 171 Å². The number of anilines is 1. The Bertz CT molecular complexity index is 973. The van der Waals surface area contributed by atoms with Crippen molar-refractivity contribution in [1.82, 2.24) is 4.31 Å². The molecule has 0 heterocycles. The Morgan fingerprint density at radius 2 is 1.55 bits per heavy atom. The average Bonchev–Trinajstić information content (AvgIpc) is 2.71. The van der Waals surface area contributed by atoms with Crippen molar-refractivity contribution in [3.8, 4) is 17.2 Å². The van der Waals surface area contributed by atoms with Crippen molar-refractivity contribution in [2.45, 2.75) is 17.7 Å². The van der Waals surface area contributed by atoms with Gasteiger partial charge in [-0.3, -0.25) is 4.79 Å². The lowest BCUT2D eigenvalue weighted by atomic mass is 10.1. The van der Waals surface area contributed by atoms with E-state index in [-0.39, 0.29) is 23.0 Å². The molecule has 2 rings (SSSR count). The Morgan fingerprint density at radius 1 is 0.931 bits per heavy atom. The van der Waals surface area contributed by atoms with E-state index in [4.69, 9.17) is 14.2 Å². The predicted molar refractivity (Wildman–Crippen MR) is 110 cm³/mol. The van der Waals surface area contributed by atoms with Crippen LogP contribution >= 0.6 is 0 Å². The largest absolute Gasteiger partial charge is 0.495 e. The van der Waals surface area contributed by atoms with E-state index in [2.05, 4.69) is 5.32 Å². The highest BCUT2D eigenvalue weighted by atomic mass is 32.2. The Morgan fingerprint density at radius 3 is 2.14 bits per heavy atom. The van der Waals surface area contributed by atoms with E-state index in [0.29, 0.717) is 23.6 Å². The first-order valence-electron chi connectivity index (χ1n) is 8.84. The van der Waals surface area contributed by atoms with Crippen molar-refractivity contribution in [2.75, 3.05) is 40.7 Å². The minimum Gasteiger partial charge on any atom is -0.495 e. The molecular weight excluding hydrogens is 396 g/mol. The van der Waals surface area contributed by atoms with Crippen molar-refractivity contribution in [3.63, 3.8) is 0 Å². The standard InChI is InChI=1S/C20H26N2O6S/c1-22(2)29(24,25)19-13-15(8-10-17(19)27-4)21-20(23)11-7-14-6-9-16(26-3)18(12-14)28-5/h6,8-10,12-13H,7,11H2,1-5H3,(H,21,23). The van der Waals surface area contributed by atoms with Crippen LogP contribution in [0.25, 0.3) is 0 Å². The van der Waals surface area contributed by atoms with Crippen LogP contribution in [-0.4, -0.2) is 54.1 Å². The molecule has 1 N–H and O–H groups in total. The fourth-order valence-electron chi connectivity index (χ4n) is 2.67. The van der Waals surface area contributed by atoms with E-state index in [9.17, 15) is 13.2 Å². The number of amides is 1. The second-order valence-corrected chi connectivity index (χ2v) is 8.51. The van der Waals surface area contributed by atoms with Gasteiger partial charge in [0.15, 0.2) is 11.5 Å². The van der Waals surface area contributed by atoms with Crippen molar-refractivity contribution in [2.24, 2.45) is 0 Å². The minimum atomic E-state index is -3.72. The van der Waals surface area contributed by atoms with Crippen LogP contribution < -0.4 is 19.5 Å². The predicted octanol–water partition coefficient (Wildman–Crippen LogP) is 2.53. The summed E-state index contributed by atoms with van der Waals surface area (Å²) in [6.07, 6.45) is 0.711. The zero-order chi connectivity index (χ0) is 21.6. The third-order valence-electron chi connectivity index (χ3n) is 4.29. The van der Waals surface area contributed by atoms with Crippen LogP contribution in [0.4, 0.5) is 5.69 Å². The number of nitrogens with zero attached hydrogens (tertiary/aromatic N) is 1. The zero-order valence-corrected chi connectivity index (χ0v) is 18.0. The molecule has 0 fully saturated rings. The number of rotatable bonds is 9. The van der Waals surface area contributed by atoms with Crippen LogP contribution in [0.3, 0.4) is 0 Å². The maximum Gasteiger partial charge on any atom is 0.246 e. The quantitative estimate of drug-likeness (QED) is 0.667. The van der Waals surface area contributed by atoms with Gasteiger partial charge in [0.1, 0.15) is 10.6 Å². The molecule has 8 nitrogen and oxygen atoms in total. The SMILES string of the molecule is COc1ccc(CCC(=O)Nc2ccc(OC)c(S(=O)(=O)N(C)C)c2)cc1OC. The molecule has 158 valence electrons. The molecule has 9 heteroatoms. The van der Waals surface area contributed by atoms with Crippen LogP contribution in [0, 0.1) is 0 Å². The van der Waals surface area contributed by atoms with Gasteiger partial charge in [-0.1, -0.05) is 6.07 Å². The summed E-state index contributed by atoms with van der Waals surface area (Å²) >= 11 is 0. The summed E-state index contributed by atoms with van der Waals surface area (Å²) in [5.74, 6) is 1.19. The van der Waals surface area contributed by atoms with Gasteiger partial charge in [0.25, 0.3) is 0 Å². The molecule has 0 saturated heterocycles. The molecule has 0 aliphatic carbocycles. The van der Waals surface area contributed by atoms with E-state index in [0.717, 1.165) is 9.87 Å². The van der Waals surface area contributed by atoms with Crippen LogP contribution in [-0.2, 0) is 21.2 Å². The fraction of sp³-hybridized carbons (Fsp3) is 0.350. The summed E-state index contributed by atoms with van der Waals surface area (Å²) in [7, 11) is 3.66. The van der Waals surface area contributed by atoms with E-state index < -0.39 is 10.0 Å². The third kappa shape index (κ3) is 5.39. The van der Waals surface area contributed by atoms with Gasteiger partial charge in [0, 0.05) is 26.2 Å². The average molecular weight is 423 g/mol. The van der Waals surface area contributed by atoms with Crippen molar-refractivity contribution in [1.29, 1.82) is 0 Å². The monoisotopic (exact) mass is 422 g/mol. The fourth-order valence-corrected chi connectivity index (χ4v) is 3.75. The van der Waals surface area contributed by atoms with Crippen LogP contribution in [0.2, 0.25) is 0 Å². The lowest BCUT2D eigenvalue weighted by Crippen LogP contribution is -2.23. The molecule has 0 atom stereocenters. The zero-order valence-electron chi connectivity index (χ0n) is 17.2. The minimum absolute atomic E-state index is 0.0114. The normalized spacial score (nSPS) is 11.2. The molecule has 0 bridgehead atoms. The van der Waals surface area contributed by atoms with Crippen molar-refractivity contribution in [3.05, 3.63) is 42.0 Å². The summed E-state index contributed by atoms with van der Waals surface area (Å²) in [4.78, 5) is 12.3.